The average molecular weight is 177 g/mol. The van der Waals surface area contributed by atoms with Gasteiger partial charge in [0.2, 0.25) is 0 Å². The molecule has 0 atom stereocenters. The van der Waals surface area contributed by atoms with Crippen molar-refractivity contribution >= 4 is 5.69 Å². The fraction of sp³-hybridized carbons (Fsp3) is 0.111. The van der Waals surface area contributed by atoms with Crippen molar-refractivity contribution in [2.24, 2.45) is 0 Å². The van der Waals surface area contributed by atoms with Gasteiger partial charge in [-0.2, -0.15) is 0 Å². The second kappa shape index (κ2) is 4.12. The van der Waals surface area contributed by atoms with Gasteiger partial charge in [0.05, 0.1) is 4.92 Å². The predicted molar refractivity (Wildman–Crippen MR) is 46.5 cm³/mol. The highest BCUT2D eigenvalue weighted by atomic mass is 16.6. The zero-order valence-electron chi connectivity index (χ0n) is 6.73. The Morgan fingerprint density at radius 1 is 1.38 bits per heavy atom. The first-order valence-electron chi connectivity index (χ1n) is 3.59. The van der Waals surface area contributed by atoms with E-state index in [-0.39, 0.29) is 5.69 Å². The molecule has 0 unspecified atom stereocenters. The van der Waals surface area contributed by atoms with Gasteiger partial charge in [0, 0.05) is 18.6 Å². The molecule has 1 rings (SSSR count). The van der Waals surface area contributed by atoms with Crippen molar-refractivity contribution in [3.8, 4) is 12.0 Å². The van der Waals surface area contributed by atoms with Crippen molar-refractivity contribution in [3.05, 3.63) is 39.9 Å². The van der Waals surface area contributed by atoms with Gasteiger partial charge in [-0.05, 0) is 5.56 Å². The molecule has 0 saturated carbocycles. The van der Waals surface area contributed by atoms with Crippen molar-refractivity contribution in [1.29, 1.82) is 0 Å². The minimum atomic E-state index is -0.457. The van der Waals surface area contributed by atoms with Crippen LogP contribution in [-0.4, -0.2) is 10.0 Å². The van der Waals surface area contributed by atoms with E-state index in [0.29, 0.717) is 6.42 Å². The lowest BCUT2D eigenvalue weighted by Crippen LogP contribution is -1.88. The topological polar surface area (TPSA) is 63.4 Å². The van der Waals surface area contributed by atoms with Crippen molar-refractivity contribution < 1.29 is 10.0 Å². The number of benzene rings is 1. The molecule has 13 heavy (non-hydrogen) atoms. The molecule has 0 aliphatic carbocycles. The predicted octanol–water partition coefficient (Wildman–Crippen LogP) is 1.47. The largest absolute Gasteiger partial charge is 0.462 e. The molecular formula is C9H7NO3. The number of hydrogen-bond donors (Lipinski definition) is 1. The number of aliphatic hydroxyl groups is 1. The molecule has 4 heteroatoms. The fourth-order valence-corrected chi connectivity index (χ4v) is 0.877. The number of nitro groups is 1. The number of nitro benzene ring substituents is 1. The number of hydrogen-bond acceptors (Lipinski definition) is 3. The molecule has 0 aromatic heterocycles. The molecule has 0 spiro atoms. The Kier molecular flexibility index (Phi) is 2.87. The van der Waals surface area contributed by atoms with Crippen LogP contribution in [0.5, 0.6) is 0 Å². The molecule has 66 valence electrons. The third-order valence-corrected chi connectivity index (χ3v) is 1.52. The van der Waals surface area contributed by atoms with Crippen molar-refractivity contribution in [2.75, 3.05) is 0 Å². The lowest BCUT2D eigenvalue weighted by atomic mass is 10.1. The molecule has 0 aliphatic rings. The first-order valence-corrected chi connectivity index (χ1v) is 3.59. The summed E-state index contributed by atoms with van der Waals surface area (Å²) in [5.41, 5.74) is 0.896. The highest BCUT2D eigenvalue weighted by molar-refractivity contribution is 5.34. The molecule has 1 aromatic carbocycles. The minimum Gasteiger partial charge on any atom is -0.462 e. The summed E-state index contributed by atoms with van der Waals surface area (Å²) in [7, 11) is 0. The Bertz CT molecular complexity index is 359. The third kappa shape index (κ3) is 2.49. The number of non-ortho nitro benzene ring substituents is 1. The van der Waals surface area contributed by atoms with E-state index in [0.717, 1.165) is 5.56 Å². The maximum atomic E-state index is 10.3. The van der Waals surface area contributed by atoms with E-state index in [1.54, 1.807) is 18.2 Å². The number of rotatable bonds is 2. The molecule has 1 N–H and O–H groups in total. The molecule has 4 nitrogen and oxygen atoms in total. The summed E-state index contributed by atoms with van der Waals surface area (Å²) in [6.07, 6.45) is 2.17. The smallest absolute Gasteiger partial charge is 0.269 e. The summed E-state index contributed by atoms with van der Waals surface area (Å²) >= 11 is 0. The van der Waals surface area contributed by atoms with Crippen molar-refractivity contribution in [2.45, 2.75) is 6.42 Å². The van der Waals surface area contributed by atoms with E-state index in [1.165, 1.54) is 12.1 Å². The molecule has 0 saturated heterocycles. The quantitative estimate of drug-likeness (QED) is 0.422. The monoisotopic (exact) mass is 177 g/mol. The molecule has 0 fully saturated rings. The molecule has 0 amide bonds. The molecule has 0 bridgehead atoms. The summed E-state index contributed by atoms with van der Waals surface area (Å²) in [5.74, 6) is 2.45. The first-order chi connectivity index (χ1) is 6.24. The summed E-state index contributed by atoms with van der Waals surface area (Å²) in [4.78, 5) is 9.81. The minimum absolute atomic E-state index is 0.0562. The average Bonchev–Trinajstić information content (AvgIpc) is 2.15. The summed E-state index contributed by atoms with van der Waals surface area (Å²) in [5, 5.41) is 18.5. The van der Waals surface area contributed by atoms with E-state index in [4.69, 9.17) is 5.11 Å². The van der Waals surface area contributed by atoms with Gasteiger partial charge in [0.1, 0.15) is 6.11 Å². The van der Waals surface area contributed by atoms with E-state index in [2.05, 4.69) is 5.92 Å². The van der Waals surface area contributed by atoms with Crippen LogP contribution >= 0.6 is 0 Å². The van der Waals surface area contributed by atoms with Crippen LogP contribution in [0.3, 0.4) is 0 Å². The van der Waals surface area contributed by atoms with Gasteiger partial charge in [-0.3, -0.25) is 10.1 Å². The summed E-state index contributed by atoms with van der Waals surface area (Å²) in [6.45, 7) is 0. The zero-order valence-corrected chi connectivity index (χ0v) is 6.73. The Morgan fingerprint density at radius 2 is 2.00 bits per heavy atom. The Morgan fingerprint density at radius 3 is 2.46 bits per heavy atom. The number of nitrogens with zero attached hydrogens (tertiary/aromatic N) is 1. The standard InChI is InChI=1S/C9H7NO3/c11-7-1-2-8-3-5-9(6-4-8)10(12)13/h3-6,11H,2H2. The molecule has 0 heterocycles. The van der Waals surface area contributed by atoms with Gasteiger partial charge in [0.25, 0.3) is 5.69 Å². The van der Waals surface area contributed by atoms with Crippen LogP contribution in [-0.2, 0) is 6.42 Å². The first kappa shape index (κ1) is 9.07. The molecule has 0 aliphatic heterocycles. The zero-order chi connectivity index (χ0) is 9.68. The van der Waals surface area contributed by atoms with Gasteiger partial charge >= 0.3 is 0 Å². The molecule has 0 radical (unpaired) electrons. The van der Waals surface area contributed by atoms with Crippen LogP contribution in [0.1, 0.15) is 5.56 Å². The van der Waals surface area contributed by atoms with E-state index in [9.17, 15) is 10.1 Å². The van der Waals surface area contributed by atoms with Crippen LogP contribution in [0.2, 0.25) is 0 Å². The van der Waals surface area contributed by atoms with Gasteiger partial charge in [-0.15, -0.1) is 0 Å². The Balaban J connectivity index is 2.79. The van der Waals surface area contributed by atoms with Gasteiger partial charge in [0.15, 0.2) is 0 Å². The van der Waals surface area contributed by atoms with Crippen molar-refractivity contribution in [3.63, 3.8) is 0 Å². The maximum absolute atomic E-state index is 10.3. The third-order valence-electron chi connectivity index (χ3n) is 1.52. The van der Waals surface area contributed by atoms with E-state index < -0.39 is 4.92 Å². The molecule has 1 aromatic rings. The van der Waals surface area contributed by atoms with E-state index >= 15 is 0 Å². The highest BCUT2D eigenvalue weighted by Crippen LogP contribution is 2.11. The van der Waals surface area contributed by atoms with Crippen LogP contribution in [0.4, 0.5) is 5.69 Å². The van der Waals surface area contributed by atoms with E-state index in [1.807, 2.05) is 0 Å². The highest BCUT2D eigenvalue weighted by Gasteiger charge is 2.02. The summed E-state index contributed by atoms with van der Waals surface area (Å²) in [6, 6.07) is 6.05. The van der Waals surface area contributed by atoms with Crippen LogP contribution in [0.15, 0.2) is 24.3 Å². The lowest BCUT2D eigenvalue weighted by Gasteiger charge is -1.93. The van der Waals surface area contributed by atoms with Gasteiger partial charge in [-0.1, -0.05) is 18.1 Å². The van der Waals surface area contributed by atoms with Gasteiger partial charge in [-0.25, -0.2) is 0 Å². The second-order valence-electron chi connectivity index (χ2n) is 2.39. The Labute approximate surface area is 75.0 Å². The van der Waals surface area contributed by atoms with Crippen LogP contribution < -0.4 is 0 Å². The van der Waals surface area contributed by atoms with Crippen LogP contribution in [0, 0.1) is 22.1 Å². The lowest BCUT2D eigenvalue weighted by molar-refractivity contribution is -0.384. The second-order valence-corrected chi connectivity index (χ2v) is 2.39. The van der Waals surface area contributed by atoms with Crippen LogP contribution in [0.25, 0.3) is 0 Å². The van der Waals surface area contributed by atoms with Gasteiger partial charge < -0.3 is 5.11 Å². The fourth-order valence-electron chi connectivity index (χ4n) is 0.877. The normalized spacial score (nSPS) is 8.62. The SMILES string of the molecule is O=[N+]([O-])c1ccc(CC#CO)cc1. The maximum Gasteiger partial charge on any atom is 0.269 e. The van der Waals surface area contributed by atoms with Crippen molar-refractivity contribution in [1.82, 2.24) is 0 Å². The number of aliphatic hydroxyl groups excluding tert-OH is 1. The Hall–Kier alpha value is -2.02. The molecular weight excluding hydrogens is 170 g/mol. The summed E-state index contributed by atoms with van der Waals surface area (Å²) < 4.78 is 0.